The van der Waals surface area contributed by atoms with E-state index < -0.39 is 0 Å². The van der Waals surface area contributed by atoms with Crippen molar-refractivity contribution in [2.24, 2.45) is 5.92 Å². The van der Waals surface area contributed by atoms with Crippen molar-refractivity contribution in [3.63, 3.8) is 0 Å². The third kappa shape index (κ3) is 1.58. The van der Waals surface area contributed by atoms with Crippen LogP contribution in [0.5, 0.6) is 0 Å². The van der Waals surface area contributed by atoms with Gasteiger partial charge in [0.1, 0.15) is 11.6 Å². The van der Waals surface area contributed by atoms with Gasteiger partial charge in [0.2, 0.25) is 0 Å². The Morgan fingerprint density at radius 2 is 2.15 bits per heavy atom. The molecule has 0 amide bonds. The van der Waals surface area contributed by atoms with Gasteiger partial charge in [-0.1, -0.05) is 13.3 Å². The van der Waals surface area contributed by atoms with Crippen LogP contribution >= 0.6 is 0 Å². The van der Waals surface area contributed by atoms with Gasteiger partial charge in [0.25, 0.3) is 0 Å². The van der Waals surface area contributed by atoms with E-state index in [1.165, 1.54) is 18.2 Å². The summed E-state index contributed by atoms with van der Waals surface area (Å²) in [5.74, 6) is 0.234. The molecular weight excluding hydrogens is 170 g/mol. The van der Waals surface area contributed by atoms with Crippen LogP contribution in [0.15, 0.2) is 18.2 Å². The van der Waals surface area contributed by atoms with Gasteiger partial charge in [-0.3, -0.25) is 0 Å². The maximum Gasteiger partial charge on any atom is 0.126 e. The van der Waals surface area contributed by atoms with Crippen LogP contribution in [0.3, 0.4) is 0 Å². The number of benzene rings is 1. The number of halogens is 2. The molecule has 0 nitrogen and oxygen atoms in total. The van der Waals surface area contributed by atoms with E-state index in [0.29, 0.717) is 11.5 Å². The highest BCUT2D eigenvalue weighted by Gasteiger charge is 2.38. The Hall–Kier alpha value is -0.920. The maximum absolute atomic E-state index is 13.2. The van der Waals surface area contributed by atoms with Crippen LogP contribution in [0, 0.1) is 17.6 Å². The molecule has 2 rings (SSSR count). The molecule has 0 aliphatic heterocycles. The lowest BCUT2D eigenvalue weighted by atomic mass is 10.1. The van der Waals surface area contributed by atoms with Crippen molar-refractivity contribution in [1.29, 1.82) is 0 Å². The van der Waals surface area contributed by atoms with E-state index >= 15 is 0 Å². The van der Waals surface area contributed by atoms with Crippen molar-refractivity contribution in [2.45, 2.75) is 25.7 Å². The lowest BCUT2D eigenvalue weighted by molar-refractivity contribution is 0.581. The largest absolute Gasteiger partial charge is 0.207 e. The van der Waals surface area contributed by atoms with E-state index in [2.05, 4.69) is 6.92 Å². The maximum atomic E-state index is 13.2. The first-order chi connectivity index (χ1) is 6.22. The van der Waals surface area contributed by atoms with Gasteiger partial charge in [0.15, 0.2) is 0 Å². The van der Waals surface area contributed by atoms with Crippen LogP contribution in [-0.2, 0) is 0 Å². The van der Waals surface area contributed by atoms with Crippen LogP contribution in [-0.4, -0.2) is 0 Å². The summed E-state index contributed by atoms with van der Waals surface area (Å²) in [5.41, 5.74) is 0.562. The number of hydrogen-bond donors (Lipinski definition) is 0. The molecular formula is C11H12F2. The molecule has 1 aromatic carbocycles. The molecule has 1 saturated carbocycles. The Balaban J connectivity index is 2.25. The van der Waals surface area contributed by atoms with Crippen LogP contribution in [0.2, 0.25) is 0 Å². The minimum atomic E-state index is -0.335. The van der Waals surface area contributed by atoms with Crippen LogP contribution < -0.4 is 0 Å². The van der Waals surface area contributed by atoms with Gasteiger partial charge in [-0.05, 0) is 42.0 Å². The summed E-state index contributed by atoms with van der Waals surface area (Å²) >= 11 is 0. The Labute approximate surface area is 76.6 Å². The lowest BCUT2D eigenvalue weighted by Gasteiger charge is -2.01. The molecule has 0 aromatic heterocycles. The number of rotatable bonds is 2. The van der Waals surface area contributed by atoms with Crippen molar-refractivity contribution >= 4 is 0 Å². The molecule has 0 saturated heterocycles. The first-order valence-corrected chi connectivity index (χ1v) is 4.67. The zero-order chi connectivity index (χ0) is 9.42. The van der Waals surface area contributed by atoms with Crippen molar-refractivity contribution < 1.29 is 8.78 Å². The van der Waals surface area contributed by atoms with E-state index in [0.717, 1.165) is 12.8 Å². The van der Waals surface area contributed by atoms with Gasteiger partial charge >= 0.3 is 0 Å². The van der Waals surface area contributed by atoms with E-state index in [9.17, 15) is 8.78 Å². The molecule has 70 valence electrons. The molecule has 0 bridgehead atoms. The highest BCUT2D eigenvalue weighted by atomic mass is 19.1. The zero-order valence-corrected chi connectivity index (χ0v) is 7.56. The van der Waals surface area contributed by atoms with E-state index in [1.54, 1.807) is 0 Å². The first kappa shape index (κ1) is 8.67. The van der Waals surface area contributed by atoms with Crippen molar-refractivity contribution in [3.05, 3.63) is 35.4 Å². The summed E-state index contributed by atoms with van der Waals surface area (Å²) in [6, 6.07) is 3.72. The Bertz CT molecular complexity index is 320. The average molecular weight is 182 g/mol. The van der Waals surface area contributed by atoms with Gasteiger partial charge in [-0.15, -0.1) is 0 Å². The molecule has 1 aromatic rings. The van der Waals surface area contributed by atoms with Gasteiger partial charge in [0, 0.05) is 0 Å². The smallest absolute Gasteiger partial charge is 0.126 e. The normalized spacial score (nSPS) is 26.1. The highest BCUT2D eigenvalue weighted by Crippen LogP contribution is 2.50. The number of hydrogen-bond acceptors (Lipinski definition) is 0. The molecule has 1 aliphatic rings. The third-order valence-corrected chi connectivity index (χ3v) is 2.80. The van der Waals surface area contributed by atoms with Crippen molar-refractivity contribution in [1.82, 2.24) is 0 Å². The molecule has 1 fully saturated rings. The second-order valence-electron chi connectivity index (χ2n) is 3.68. The molecule has 0 radical (unpaired) electrons. The summed E-state index contributed by atoms with van der Waals surface area (Å²) in [5, 5.41) is 0. The minimum Gasteiger partial charge on any atom is -0.207 e. The Morgan fingerprint density at radius 3 is 2.77 bits per heavy atom. The fourth-order valence-electron chi connectivity index (χ4n) is 1.88. The highest BCUT2D eigenvalue weighted by molar-refractivity contribution is 5.27. The zero-order valence-electron chi connectivity index (χ0n) is 7.56. The van der Waals surface area contributed by atoms with E-state index in [-0.39, 0.29) is 17.6 Å². The van der Waals surface area contributed by atoms with E-state index in [1.807, 2.05) is 0 Å². The van der Waals surface area contributed by atoms with Gasteiger partial charge in [0.05, 0.1) is 0 Å². The average Bonchev–Trinajstić information content (AvgIpc) is 2.88. The molecule has 2 atom stereocenters. The fraction of sp³-hybridized carbons (Fsp3) is 0.455. The molecule has 1 aliphatic carbocycles. The summed E-state index contributed by atoms with van der Waals surface area (Å²) in [6.45, 7) is 2.09. The fourth-order valence-corrected chi connectivity index (χ4v) is 1.88. The van der Waals surface area contributed by atoms with Crippen LogP contribution in [0.4, 0.5) is 8.78 Å². The monoisotopic (exact) mass is 182 g/mol. The summed E-state index contributed by atoms with van der Waals surface area (Å²) < 4.78 is 26.0. The second-order valence-corrected chi connectivity index (χ2v) is 3.68. The quantitative estimate of drug-likeness (QED) is 0.656. The van der Waals surface area contributed by atoms with Crippen LogP contribution in [0.25, 0.3) is 0 Å². The van der Waals surface area contributed by atoms with Gasteiger partial charge in [-0.2, -0.15) is 0 Å². The molecule has 0 N–H and O–H groups in total. The standard InChI is InChI=1S/C11H12F2/c1-2-7-5-9(7)10-6-8(12)3-4-11(10)13/h3-4,6-7,9H,2,5H2,1H3. The van der Waals surface area contributed by atoms with Crippen molar-refractivity contribution in [3.8, 4) is 0 Å². The summed E-state index contributed by atoms with van der Waals surface area (Å²) in [4.78, 5) is 0. The molecule has 2 unspecified atom stereocenters. The topological polar surface area (TPSA) is 0 Å². The summed E-state index contributed by atoms with van der Waals surface area (Å²) in [6.07, 6.45) is 2.07. The van der Waals surface area contributed by atoms with Crippen molar-refractivity contribution in [2.75, 3.05) is 0 Å². The van der Waals surface area contributed by atoms with Crippen LogP contribution in [0.1, 0.15) is 31.2 Å². The molecule has 2 heteroatoms. The predicted molar refractivity (Wildman–Crippen MR) is 47.5 cm³/mol. The molecule has 0 heterocycles. The molecule has 0 spiro atoms. The SMILES string of the molecule is CCC1CC1c1cc(F)ccc1F. The van der Waals surface area contributed by atoms with Gasteiger partial charge in [-0.25, -0.2) is 8.78 Å². The van der Waals surface area contributed by atoms with E-state index in [4.69, 9.17) is 0 Å². The summed E-state index contributed by atoms with van der Waals surface area (Å²) in [7, 11) is 0. The first-order valence-electron chi connectivity index (χ1n) is 4.67. The molecule has 13 heavy (non-hydrogen) atoms. The second kappa shape index (κ2) is 3.09. The predicted octanol–water partition coefficient (Wildman–Crippen LogP) is 3.48. The third-order valence-electron chi connectivity index (χ3n) is 2.80. The Kier molecular flexibility index (Phi) is 2.06. The lowest BCUT2D eigenvalue weighted by Crippen LogP contribution is -1.90. The Morgan fingerprint density at radius 1 is 1.38 bits per heavy atom. The minimum absolute atomic E-state index is 0.262. The van der Waals surface area contributed by atoms with Gasteiger partial charge < -0.3 is 0 Å².